The summed E-state index contributed by atoms with van der Waals surface area (Å²) < 4.78 is 0. The summed E-state index contributed by atoms with van der Waals surface area (Å²) in [6, 6.07) is 0. The maximum absolute atomic E-state index is 3.43. The van der Waals surface area contributed by atoms with Gasteiger partial charge in [-0.1, -0.05) is 11.6 Å². The number of hydrogen-bond acceptors (Lipinski definition) is 1. The molecule has 0 aromatic carbocycles. The third-order valence-electron chi connectivity index (χ3n) is 3.39. The minimum absolute atomic E-state index is 0.991. The first-order valence-electron chi connectivity index (χ1n) is 5.84. The molecule has 1 heterocycles. The van der Waals surface area contributed by atoms with Crippen LogP contribution in [-0.4, -0.2) is 13.1 Å². The second kappa shape index (κ2) is 4.80. The Morgan fingerprint density at radius 1 is 1.23 bits per heavy atom. The van der Waals surface area contributed by atoms with Gasteiger partial charge in [0.1, 0.15) is 0 Å². The smallest absolute Gasteiger partial charge is 0.00462 e. The average molecular weight is 179 g/mol. The van der Waals surface area contributed by atoms with Crippen LogP contribution in [0.3, 0.4) is 0 Å². The van der Waals surface area contributed by atoms with Crippen LogP contribution in [0.25, 0.3) is 0 Å². The molecule has 13 heavy (non-hydrogen) atoms. The third-order valence-corrected chi connectivity index (χ3v) is 3.39. The molecule has 1 aliphatic heterocycles. The van der Waals surface area contributed by atoms with Crippen molar-refractivity contribution in [3.05, 3.63) is 11.6 Å². The summed E-state index contributed by atoms with van der Waals surface area (Å²) in [4.78, 5) is 0. The molecule has 0 saturated carbocycles. The van der Waals surface area contributed by atoms with Crippen molar-refractivity contribution < 1.29 is 0 Å². The van der Waals surface area contributed by atoms with Crippen molar-refractivity contribution in [3.8, 4) is 0 Å². The molecule has 0 atom stereocenters. The second-order valence-corrected chi connectivity index (χ2v) is 4.51. The van der Waals surface area contributed by atoms with Crippen molar-refractivity contribution >= 4 is 0 Å². The molecule has 0 bridgehead atoms. The van der Waals surface area contributed by atoms with Crippen molar-refractivity contribution in [2.75, 3.05) is 13.1 Å². The van der Waals surface area contributed by atoms with Crippen molar-refractivity contribution in [3.63, 3.8) is 0 Å². The van der Waals surface area contributed by atoms with Gasteiger partial charge in [0.2, 0.25) is 0 Å². The Hall–Kier alpha value is -0.300. The van der Waals surface area contributed by atoms with E-state index in [2.05, 4.69) is 11.4 Å². The highest BCUT2D eigenvalue weighted by Crippen LogP contribution is 2.27. The maximum Gasteiger partial charge on any atom is -0.00462 e. The quantitative estimate of drug-likeness (QED) is 0.643. The molecule has 1 heteroatoms. The van der Waals surface area contributed by atoms with Crippen LogP contribution in [0.1, 0.15) is 44.9 Å². The van der Waals surface area contributed by atoms with Gasteiger partial charge in [-0.3, -0.25) is 0 Å². The van der Waals surface area contributed by atoms with Crippen LogP contribution in [0.2, 0.25) is 0 Å². The molecular formula is C12H21N. The van der Waals surface area contributed by atoms with E-state index in [4.69, 9.17) is 0 Å². The topological polar surface area (TPSA) is 12.0 Å². The lowest BCUT2D eigenvalue weighted by Gasteiger charge is -2.24. The third kappa shape index (κ3) is 2.84. The van der Waals surface area contributed by atoms with Crippen LogP contribution >= 0.6 is 0 Å². The zero-order valence-electron chi connectivity index (χ0n) is 8.52. The summed E-state index contributed by atoms with van der Waals surface area (Å²) in [7, 11) is 0. The van der Waals surface area contributed by atoms with Gasteiger partial charge >= 0.3 is 0 Å². The first-order chi connectivity index (χ1) is 6.45. The average Bonchev–Trinajstić information content (AvgIpc) is 2.21. The molecule has 0 aromatic rings. The first-order valence-corrected chi connectivity index (χ1v) is 5.84. The lowest BCUT2D eigenvalue weighted by atomic mass is 9.86. The molecule has 0 unspecified atom stereocenters. The van der Waals surface area contributed by atoms with Gasteiger partial charge in [0.15, 0.2) is 0 Å². The molecule has 0 amide bonds. The Labute approximate surface area is 81.6 Å². The molecular weight excluding hydrogens is 158 g/mol. The summed E-state index contributed by atoms with van der Waals surface area (Å²) in [5.74, 6) is 0.991. The standard InChI is InChI=1S/C12H21N/c1-2-4-11(5-3-1)10-12-6-8-13-9-7-12/h4,12-13H,1-3,5-10H2. The molecule has 0 aromatic heterocycles. The van der Waals surface area contributed by atoms with Crippen LogP contribution in [0, 0.1) is 5.92 Å². The molecule has 0 spiro atoms. The van der Waals surface area contributed by atoms with Gasteiger partial charge in [-0.2, -0.15) is 0 Å². The second-order valence-electron chi connectivity index (χ2n) is 4.51. The lowest BCUT2D eigenvalue weighted by molar-refractivity contribution is 0.366. The molecule has 0 radical (unpaired) electrons. The molecule has 1 saturated heterocycles. The Balaban J connectivity index is 1.78. The van der Waals surface area contributed by atoms with Crippen LogP contribution in [0.5, 0.6) is 0 Å². The summed E-state index contributed by atoms with van der Waals surface area (Å²) >= 11 is 0. The van der Waals surface area contributed by atoms with Gasteiger partial charge in [0.25, 0.3) is 0 Å². The van der Waals surface area contributed by atoms with E-state index in [1.54, 1.807) is 5.57 Å². The monoisotopic (exact) mass is 179 g/mol. The zero-order chi connectivity index (χ0) is 8.93. The zero-order valence-corrected chi connectivity index (χ0v) is 8.52. The predicted molar refractivity (Wildman–Crippen MR) is 56.8 cm³/mol. The Morgan fingerprint density at radius 2 is 2.08 bits per heavy atom. The SMILES string of the molecule is C1=C(CC2CCNCC2)CCCC1. The van der Waals surface area contributed by atoms with E-state index in [1.165, 1.54) is 58.0 Å². The maximum atomic E-state index is 3.43. The molecule has 1 N–H and O–H groups in total. The van der Waals surface area contributed by atoms with Crippen molar-refractivity contribution in [1.82, 2.24) is 5.32 Å². The van der Waals surface area contributed by atoms with E-state index in [-0.39, 0.29) is 0 Å². The highest BCUT2D eigenvalue weighted by atomic mass is 14.9. The van der Waals surface area contributed by atoms with Crippen LogP contribution < -0.4 is 5.32 Å². The molecule has 1 aliphatic carbocycles. The van der Waals surface area contributed by atoms with Crippen LogP contribution in [0.15, 0.2) is 11.6 Å². The van der Waals surface area contributed by atoms with E-state index in [1.807, 2.05) is 0 Å². The fraction of sp³-hybridized carbons (Fsp3) is 0.833. The fourth-order valence-electron chi connectivity index (χ4n) is 2.55. The minimum atomic E-state index is 0.991. The van der Waals surface area contributed by atoms with E-state index in [9.17, 15) is 0 Å². The summed E-state index contributed by atoms with van der Waals surface area (Å²) in [6.07, 6.45) is 12.3. The number of allylic oxidation sites excluding steroid dienone is 2. The molecule has 1 fully saturated rings. The van der Waals surface area contributed by atoms with Gasteiger partial charge in [-0.15, -0.1) is 0 Å². The van der Waals surface area contributed by atoms with Crippen LogP contribution in [-0.2, 0) is 0 Å². The summed E-state index contributed by atoms with van der Waals surface area (Å²) in [5, 5.41) is 3.43. The van der Waals surface area contributed by atoms with Gasteiger partial charge < -0.3 is 5.32 Å². The first kappa shape index (κ1) is 9.26. The van der Waals surface area contributed by atoms with Crippen molar-refractivity contribution in [2.24, 2.45) is 5.92 Å². The normalized spacial score (nSPS) is 25.7. The Morgan fingerprint density at radius 3 is 2.77 bits per heavy atom. The molecule has 2 rings (SSSR count). The van der Waals surface area contributed by atoms with Gasteiger partial charge in [-0.25, -0.2) is 0 Å². The summed E-state index contributed by atoms with van der Waals surface area (Å²) in [6.45, 7) is 2.50. The van der Waals surface area contributed by atoms with E-state index >= 15 is 0 Å². The largest absolute Gasteiger partial charge is 0.317 e. The minimum Gasteiger partial charge on any atom is -0.317 e. The number of hydrogen-bond donors (Lipinski definition) is 1. The molecule has 74 valence electrons. The molecule has 1 nitrogen and oxygen atoms in total. The fourth-order valence-corrected chi connectivity index (χ4v) is 2.55. The number of nitrogens with one attached hydrogen (secondary N) is 1. The number of piperidine rings is 1. The Bertz CT molecular complexity index is 178. The van der Waals surface area contributed by atoms with Gasteiger partial charge in [-0.05, 0) is 64.0 Å². The predicted octanol–water partition coefficient (Wildman–Crippen LogP) is 2.88. The number of rotatable bonds is 2. The highest BCUT2D eigenvalue weighted by molar-refractivity contribution is 5.06. The highest BCUT2D eigenvalue weighted by Gasteiger charge is 2.15. The van der Waals surface area contributed by atoms with E-state index in [0.717, 1.165) is 5.92 Å². The van der Waals surface area contributed by atoms with E-state index < -0.39 is 0 Å². The lowest BCUT2D eigenvalue weighted by Crippen LogP contribution is -2.27. The van der Waals surface area contributed by atoms with Crippen molar-refractivity contribution in [1.29, 1.82) is 0 Å². The Kier molecular flexibility index (Phi) is 3.42. The molecule has 2 aliphatic rings. The van der Waals surface area contributed by atoms with Gasteiger partial charge in [0, 0.05) is 0 Å². The van der Waals surface area contributed by atoms with E-state index in [0.29, 0.717) is 0 Å². The summed E-state index contributed by atoms with van der Waals surface area (Å²) in [5.41, 5.74) is 1.76. The van der Waals surface area contributed by atoms with Crippen molar-refractivity contribution in [2.45, 2.75) is 44.9 Å². The van der Waals surface area contributed by atoms with Gasteiger partial charge in [0.05, 0.1) is 0 Å². The van der Waals surface area contributed by atoms with Crippen LogP contribution in [0.4, 0.5) is 0 Å².